The molecule has 0 aliphatic carbocycles. The predicted octanol–water partition coefficient (Wildman–Crippen LogP) is -0.133. The van der Waals surface area contributed by atoms with Gasteiger partial charge in [-0.05, 0) is 25.7 Å². The Bertz CT molecular complexity index is 1040. The van der Waals surface area contributed by atoms with Gasteiger partial charge in [-0.25, -0.2) is 18.4 Å². The first kappa shape index (κ1) is 26.0. The fourth-order valence-corrected chi connectivity index (χ4v) is 7.11. The van der Waals surface area contributed by atoms with Gasteiger partial charge >= 0.3 is 22.4 Å². The number of ether oxygens (including phenoxy) is 1. The SMILES string of the molecule is CC1N=CNc2c1ncn2C1OC(COP(O)(=S)OP(=O)(O)OP(=O)(O)O)C(O)C1(C)O. The van der Waals surface area contributed by atoms with Crippen molar-refractivity contribution < 1.29 is 56.8 Å². The third-order valence-electron chi connectivity index (χ3n) is 4.54. The van der Waals surface area contributed by atoms with Gasteiger partial charge in [-0.3, -0.25) is 9.56 Å². The second kappa shape index (κ2) is 8.87. The minimum atomic E-state index is -5.49. The van der Waals surface area contributed by atoms with Gasteiger partial charge < -0.3 is 44.4 Å². The lowest BCUT2D eigenvalue weighted by atomic mass is 9.96. The zero-order valence-electron chi connectivity index (χ0n) is 16.4. The lowest BCUT2D eigenvalue weighted by Crippen LogP contribution is -2.44. The number of aliphatic hydroxyl groups is 2. The molecule has 0 radical (unpaired) electrons. The molecule has 1 fully saturated rings. The minimum absolute atomic E-state index is 0.260. The maximum atomic E-state index is 11.6. The van der Waals surface area contributed by atoms with E-state index in [1.165, 1.54) is 24.2 Å². The second-order valence-corrected chi connectivity index (χ2v) is 12.9. The van der Waals surface area contributed by atoms with E-state index in [0.29, 0.717) is 11.5 Å². The molecule has 3 heterocycles. The molecule has 7 atom stereocenters. The lowest BCUT2D eigenvalue weighted by molar-refractivity contribution is -0.0955. The molecule has 32 heavy (non-hydrogen) atoms. The Morgan fingerprint density at radius 3 is 2.59 bits per heavy atom. The number of rotatable bonds is 8. The summed E-state index contributed by atoms with van der Waals surface area (Å²) in [7, 11) is -10.9. The summed E-state index contributed by atoms with van der Waals surface area (Å²) in [5.74, 6) is 0.470. The van der Waals surface area contributed by atoms with Crippen LogP contribution in [0.5, 0.6) is 0 Å². The van der Waals surface area contributed by atoms with Gasteiger partial charge in [-0.2, -0.15) is 4.31 Å². The smallest absolute Gasteiger partial charge is 0.387 e. The monoisotopic (exact) mass is 538 g/mol. The number of hydrogen-bond acceptors (Lipinski definition) is 12. The summed E-state index contributed by atoms with van der Waals surface area (Å²) in [6.45, 7) is -2.23. The van der Waals surface area contributed by atoms with Crippen molar-refractivity contribution in [3.8, 4) is 0 Å². The molecular formula is C12H21N4O12P3S. The van der Waals surface area contributed by atoms with Crippen molar-refractivity contribution >= 4 is 46.3 Å². The third kappa shape index (κ3) is 5.71. The van der Waals surface area contributed by atoms with Gasteiger partial charge in [0.05, 0.1) is 25.3 Å². The number of phosphoric acid groups is 2. The molecule has 0 amide bonds. The van der Waals surface area contributed by atoms with E-state index in [1.807, 2.05) is 0 Å². The van der Waals surface area contributed by atoms with E-state index in [4.69, 9.17) is 19.0 Å². The van der Waals surface area contributed by atoms with Gasteiger partial charge in [0.2, 0.25) is 0 Å². The Morgan fingerprint density at radius 1 is 1.31 bits per heavy atom. The van der Waals surface area contributed by atoms with Crippen molar-refractivity contribution in [2.24, 2.45) is 4.99 Å². The first-order valence-electron chi connectivity index (χ1n) is 8.71. The number of aliphatic hydroxyl groups excluding tert-OH is 1. The van der Waals surface area contributed by atoms with Crippen LogP contribution in [0.3, 0.4) is 0 Å². The van der Waals surface area contributed by atoms with E-state index in [1.54, 1.807) is 6.92 Å². The lowest BCUT2D eigenvalue weighted by Gasteiger charge is -2.29. The number of aliphatic imine (C=N–C) groups is 1. The van der Waals surface area contributed by atoms with Crippen LogP contribution in [0.25, 0.3) is 0 Å². The standard InChI is InChI=1S/C12H21N4O12P3S/c1-6-8-10(14-4-13-6)16(5-15-8)11-12(2,18)9(17)7(26-11)3-25-31(24,32)28-30(22,23)27-29(19,20)21/h4-7,9,11,17-18H,3H2,1-2H3,(H,13,14)(H,22,23)(H,24,32)(H2,19,20,21). The normalized spacial score (nSPS) is 33.9. The highest BCUT2D eigenvalue weighted by molar-refractivity contribution is 8.08. The van der Waals surface area contributed by atoms with E-state index >= 15 is 0 Å². The summed E-state index contributed by atoms with van der Waals surface area (Å²) >= 11 is 4.53. The molecule has 2 aliphatic heterocycles. The van der Waals surface area contributed by atoms with Crippen LogP contribution in [0.2, 0.25) is 0 Å². The Balaban J connectivity index is 1.71. The van der Waals surface area contributed by atoms with Gasteiger partial charge in [0.25, 0.3) is 0 Å². The molecule has 0 bridgehead atoms. The fourth-order valence-electron chi connectivity index (χ4n) is 3.14. The molecule has 0 saturated carbocycles. The predicted molar refractivity (Wildman–Crippen MR) is 110 cm³/mol. The zero-order valence-corrected chi connectivity index (χ0v) is 19.9. The molecule has 0 spiro atoms. The first-order valence-corrected chi connectivity index (χ1v) is 14.3. The van der Waals surface area contributed by atoms with E-state index in [0.717, 1.165) is 0 Å². The summed E-state index contributed by atoms with van der Waals surface area (Å²) in [5, 5.41) is 24.2. The topological polar surface area (TPSA) is 235 Å². The quantitative estimate of drug-likeness (QED) is 0.214. The van der Waals surface area contributed by atoms with Gasteiger partial charge in [0, 0.05) is 0 Å². The van der Waals surface area contributed by atoms with Crippen molar-refractivity contribution in [2.75, 3.05) is 11.9 Å². The van der Waals surface area contributed by atoms with E-state index in [2.05, 4.69) is 35.7 Å². The zero-order chi connectivity index (χ0) is 24.1. The number of hydrogen-bond donors (Lipinski definition) is 7. The molecule has 3 rings (SSSR count). The summed E-state index contributed by atoms with van der Waals surface area (Å²) in [6, 6.07) is -0.260. The molecule has 2 aliphatic rings. The molecule has 7 unspecified atom stereocenters. The summed E-state index contributed by atoms with van der Waals surface area (Å²) in [4.78, 5) is 44.8. The van der Waals surface area contributed by atoms with Crippen molar-refractivity contribution in [2.45, 2.75) is 43.9 Å². The second-order valence-electron chi connectivity index (χ2n) is 7.07. The maximum absolute atomic E-state index is 11.6. The highest BCUT2D eigenvalue weighted by Gasteiger charge is 2.54. The number of aromatic nitrogens is 2. The van der Waals surface area contributed by atoms with Crippen LogP contribution in [0.4, 0.5) is 5.82 Å². The molecule has 16 nitrogen and oxygen atoms in total. The molecule has 182 valence electrons. The van der Waals surface area contributed by atoms with Crippen LogP contribution in [0, 0.1) is 0 Å². The molecular weight excluding hydrogens is 517 g/mol. The Morgan fingerprint density at radius 2 is 1.97 bits per heavy atom. The fraction of sp³-hybridized carbons (Fsp3) is 0.667. The van der Waals surface area contributed by atoms with E-state index in [9.17, 15) is 29.1 Å². The van der Waals surface area contributed by atoms with Crippen LogP contribution in [-0.2, 0) is 38.8 Å². The van der Waals surface area contributed by atoms with Gasteiger partial charge in [-0.15, -0.1) is 0 Å². The summed E-state index contributed by atoms with van der Waals surface area (Å²) in [5.41, 5.74) is -1.31. The maximum Gasteiger partial charge on any atom is 0.488 e. The van der Waals surface area contributed by atoms with Crippen molar-refractivity contribution in [3.63, 3.8) is 0 Å². The van der Waals surface area contributed by atoms with Gasteiger partial charge in [-0.1, -0.05) is 0 Å². The summed E-state index contributed by atoms with van der Waals surface area (Å²) < 4.78 is 41.9. The first-order chi connectivity index (χ1) is 14.5. The molecule has 1 aromatic heterocycles. The van der Waals surface area contributed by atoms with Crippen LogP contribution < -0.4 is 5.32 Å². The minimum Gasteiger partial charge on any atom is -0.387 e. The number of nitrogens with one attached hydrogen (secondary N) is 1. The highest BCUT2D eigenvalue weighted by atomic mass is 32.5. The van der Waals surface area contributed by atoms with E-state index < -0.39 is 53.0 Å². The molecule has 0 aromatic carbocycles. The van der Waals surface area contributed by atoms with Crippen LogP contribution in [0.1, 0.15) is 31.8 Å². The van der Waals surface area contributed by atoms with Gasteiger partial charge in [0.15, 0.2) is 6.23 Å². The molecule has 1 saturated heterocycles. The largest absolute Gasteiger partial charge is 0.488 e. The van der Waals surface area contributed by atoms with Crippen LogP contribution >= 0.6 is 22.4 Å². The number of fused-ring (bicyclic) bond motifs is 1. The average molecular weight is 538 g/mol. The Kier molecular flexibility index (Phi) is 7.21. The van der Waals surface area contributed by atoms with Crippen LogP contribution in [-0.4, -0.2) is 70.1 Å². The van der Waals surface area contributed by atoms with E-state index in [-0.39, 0.29) is 6.04 Å². The van der Waals surface area contributed by atoms with Crippen molar-refractivity contribution in [1.29, 1.82) is 0 Å². The average Bonchev–Trinajstić information content (AvgIpc) is 3.11. The molecule has 20 heteroatoms. The number of nitrogens with zero attached hydrogens (tertiary/aromatic N) is 3. The Hall–Kier alpha value is -0.610. The van der Waals surface area contributed by atoms with Crippen LogP contribution in [0.15, 0.2) is 11.3 Å². The number of anilines is 1. The number of imidazole rings is 1. The van der Waals surface area contributed by atoms with Crippen molar-refractivity contribution in [1.82, 2.24) is 9.55 Å². The molecule has 7 N–H and O–H groups in total. The van der Waals surface area contributed by atoms with Gasteiger partial charge in [0.1, 0.15) is 29.3 Å². The molecule has 1 aromatic rings. The van der Waals surface area contributed by atoms with Crippen molar-refractivity contribution in [3.05, 3.63) is 12.0 Å². The highest BCUT2D eigenvalue weighted by Crippen LogP contribution is 2.66. The summed E-state index contributed by atoms with van der Waals surface area (Å²) in [6.07, 6.45) is -1.24. The third-order valence-corrected chi connectivity index (χ3v) is 9.26. The Labute approximate surface area is 185 Å².